The maximum absolute atomic E-state index is 13.0. The van der Waals surface area contributed by atoms with Gasteiger partial charge in [-0.15, -0.1) is 0 Å². The molecule has 1 atom stereocenters. The molecule has 4 heteroatoms. The fourth-order valence-corrected chi connectivity index (χ4v) is 2.41. The van der Waals surface area contributed by atoms with Crippen molar-refractivity contribution in [2.45, 2.75) is 31.7 Å². The van der Waals surface area contributed by atoms with Crippen LogP contribution in [0.2, 0.25) is 0 Å². The molecule has 122 valence electrons. The van der Waals surface area contributed by atoms with Crippen molar-refractivity contribution in [2.75, 3.05) is 6.54 Å². The van der Waals surface area contributed by atoms with Crippen LogP contribution in [-0.4, -0.2) is 12.5 Å². The summed E-state index contributed by atoms with van der Waals surface area (Å²) in [6, 6.07) is 15.6. The lowest BCUT2D eigenvalue weighted by molar-refractivity contribution is -0.121. The van der Waals surface area contributed by atoms with Crippen LogP contribution in [0.15, 0.2) is 54.6 Å². The van der Waals surface area contributed by atoms with Gasteiger partial charge in [0.2, 0.25) is 5.91 Å². The fourth-order valence-electron chi connectivity index (χ4n) is 2.41. The Morgan fingerprint density at radius 3 is 2.35 bits per heavy atom. The van der Waals surface area contributed by atoms with Crippen molar-refractivity contribution >= 4 is 5.91 Å². The van der Waals surface area contributed by atoms with E-state index >= 15 is 0 Å². The standard InChI is InChI=1S/C19H23FN2O/c1-19(2,15-8-10-16(20)11-9-15)13-22-18(23)12-17(21)14-6-4-3-5-7-14/h3-11,17H,12-13,21H2,1-2H3,(H,22,23). The van der Waals surface area contributed by atoms with Gasteiger partial charge in [0, 0.05) is 24.4 Å². The molecule has 0 spiro atoms. The predicted molar refractivity (Wildman–Crippen MR) is 90.4 cm³/mol. The number of hydrogen-bond acceptors (Lipinski definition) is 2. The minimum atomic E-state index is -0.315. The molecule has 0 saturated heterocycles. The van der Waals surface area contributed by atoms with Gasteiger partial charge in [-0.2, -0.15) is 0 Å². The Morgan fingerprint density at radius 1 is 1.13 bits per heavy atom. The van der Waals surface area contributed by atoms with Crippen LogP contribution < -0.4 is 11.1 Å². The van der Waals surface area contributed by atoms with Gasteiger partial charge < -0.3 is 11.1 Å². The number of rotatable bonds is 6. The molecule has 2 rings (SSSR count). The summed E-state index contributed by atoms with van der Waals surface area (Å²) in [6.45, 7) is 4.49. The maximum atomic E-state index is 13.0. The minimum Gasteiger partial charge on any atom is -0.355 e. The largest absolute Gasteiger partial charge is 0.355 e. The van der Waals surface area contributed by atoms with Gasteiger partial charge in [-0.3, -0.25) is 4.79 Å². The average Bonchev–Trinajstić information content (AvgIpc) is 2.54. The van der Waals surface area contributed by atoms with Gasteiger partial charge in [-0.1, -0.05) is 56.3 Å². The van der Waals surface area contributed by atoms with Crippen LogP contribution in [0.1, 0.15) is 37.4 Å². The zero-order valence-electron chi connectivity index (χ0n) is 13.6. The molecular weight excluding hydrogens is 291 g/mol. The fraction of sp³-hybridized carbons (Fsp3) is 0.316. The number of hydrogen-bond donors (Lipinski definition) is 2. The normalized spacial score (nSPS) is 12.7. The summed E-state index contributed by atoms with van der Waals surface area (Å²) >= 11 is 0. The van der Waals surface area contributed by atoms with Crippen molar-refractivity contribution < 1.29 is 9.18 Å². The number of nitrogens with two attached hydrogens (primary N) is 1. The molecule has 3 N–H and O–H groups in total. The molecule has 1 amide bonds. The molecule has 0 heterocycles. The third-order valence-corrected chi connectivity index (χ3v) is 3.99. The lowest BCUT2D eigenvalue weighted by atomic mass is 9.84. The number of carbonyl (C=O) groups excluding carboxylic acids is 1. The molecule has 2 aromatic carbocycles. The van der Waals surface area contributed by atoms with E-state index in [1.165, 1.54) is 12.1 Å². The molecule has 0 radical (unpaired) electrons. The molecule has 0 aliphatic rings. The van der Waals surface area contributed by atoms with E-state index in [1.54, 1.807) is 12.1 Å². The summed E-state index contributed by atoms with van der Waals surface area (Å²) in [7, 11) is 0. The first kappa shape index (κ1) is 17.2. The smallest absolute Gasteiger partial charge is 0.221 e. The first-order valence-corrected chi connectivity index (χ1v) is 7.72. The topological polar surface area (TPSA) is 55.1 Å². The molecular formula is C19H23FN2O. The monoisotopic (exact) mass is 314 g/mol. The predicted octanol–water partition coefficient (Wildman–Crippen LogP) is 3.31. The second-order valence-corrected chi connectivity index (χ2v) is 6.39. The lowest BCUT2D eigenvalue weighted by Gasteiger charge is -2.26. The number of nitrogens with one attached hydrogen (secondary N) is 1. The van der Waals surface area contributed by atoms with Crippen molar-refractivity contribution in [3.63, 3.8) is 0 Å². The number of halogens is 1. The van der Waals surface area contributed by atoms with Gasteiger partial charge in [0.15, 0.2) is 0 Å². The van der Waals surface area contributed by atoms with Crippen molar-refractivity contribution in [3.05, 3.63) is 71.5 Å². The van der Waals surface area contributed by atoms with E-state index in [2.05, 4.69) is 5.32 Å². The number of amides is 1. The van der Waals surface area contributed by atoms with Gasteiger partial charge in [-0.05, 0) is 23.3 Å². The summed E-state index contributed by atoms with van der Waals surface area (Å²) in [6.07, 6.45) is 0.240. The average molecular weight is 314 g/mol. The highest BCUT2D eigenvalue weighted by molar-refractivity contribution is 5.76. The second-order valence-electron chi connectivity index (χ2n) is 6.39. The summed E-state index contributed by atoms with van der Waals surface area (Å²) in [5.74, 6) is -0.348. The second kappa shape index (κ2) is 7.38. The zero-order chi connectivity index (χ0) is 16.9. The van der Waals surface area contributed by atoms with E-state index in [9.17, 15) is 9.18 Å². The van der Waals surface area contributed by atoms with Crippen LogP contribution in [-0.2, 0) is 10.2 Å². The van der Waals surface area contributed by atoms with Crippen molar-refractivity contribution in [2.24, 2.45) is 5.73 Å². The molecule has 1 unspecified atom stereocenters. The first-order chi connectivity index (χ1) is 10.9. The van der Waals surface area contributed by atoms with Gasteiger partial charge in [-0.25, -0.2) is 4.39 Å². The summed E-state index contributed by atoms with van der Waals surface area (Å²) in [5.41, 5.74) is 7.71. The van der Waals surface area contributed by atoms with Crippen LogP contribution >= 0.6 is 0 Å². The molecule has 0 aliphatic heterocycles. The van der Waals surface area contributed by atoms with E-state index < -0.39 is 0 Å². The summed E-state index contributed by atoms with van der Waals surface area (Å²) in [5, 5.41) is 2.92. The summed E-state index contributed by atoms with van der Waals surface area (Å²) < 4.78 is 13.0. The van der Waals surface area contributed by atoms with Gasteiger partial charge in [0.1, 0.15) is 5.82 Å². The SMILES string of the molecule is CC(C)(CNC(=O)CC(N)c1ccccc1)c1ccc(F)cc1. The Morgan fingerprint density at radius 2 is 1.74 bits per heavy atom. The molecule has 0 aromatic heterocycles. The molecule has 2 aromatic rings. The third kappa shape index (κ3) is 4.89. The molecule has 0 saturated carbocycles. The highest BCUT2D eigenvalue weighted by atomic mass is 19.1. The van der Waals surface area contributed by atoms with Crippen molar-refractivity contribution in [1.29, 1.82) is 0 Å². The van der Waals surface area contributed by atoms with E-state index in [0.717, 1.165) is 11.1 Å². The van der Waals surface area contributed by atoms with Crippen LogP contribution in [0.25, 0.3) is 0 Å². The van der Waals surface area contributed by atoms with Crippen LogP contribution in [0.3, 0.4) is 0 Å². The Labute approximate surface area is 136 Å². The van der Waals surface area contributed by atoms with E-state index in [4.69, 9.17) is 5.73 Å². The molecule has 23 heavy (non-hydrogen) atoms. The quantitative estimate of drug-likeness (QED) is 0.859. The first-order valence-electron chi connectivity index (χ1n) is 7.72. The van der Waals surface area contributed by atoms with Crippen LogP contribution in [0.4, 0.5) is 4.39 Å². The van der Waals surface area contributed by atoms with Gasteiger partial charge >= 0.3 is 0 Å². The Hall–Kier alpha value is -2.20. The molecule has 0 fully saturated rings. The number of benzene rings is 2. The Balaban J connectivity index is 1.89. The van der Waals surface area contributed by atoms with Crippen LogP contribution in [0.5, 0.6) is 0 Å². The summed E-state index contributed by atoms with van der Waals surface area (Å²) in [4.78, 5) is 12.1. The van der Waals surface area contributed by atoms with E-state index in [0.29, 0.717) is 6.54 Å². The van der Waals surface area contributed by atoms with E-state index in [-0.39, 0.29) is 29.6 Å². The lowest BCUT2D eigenvalue weighted by Crippen LogP contribution is -2.37. The highest BCUT2D eigenvalue weighted by Crippen LogP contribution is 2.22. The van der Waals surface area contributed by atoms with Crippen molar-refractivity contribution in [1.82, 2.24) is 5.32 Å². The van der Waals surface area contributed by atoms with Crippen LogP contribution in [0, 0.1) is 5.82 Å². The Bertz CT molecular complexity index is 638. The number of carbonyl (C=O) groups is 1. The minimum absolute atomic E-state index is 0.0865. The molecule has 0 aliphatic carbocycles. The highest BCUT2D eigenvalue weighted by Gasteiger charge is 2.22. The van der Waals surface area contributed by atoms with Crippen molar-refractivity contribution in [3.8, 4) is 0 Å². The van der Waals surface area contributed by atoms with Gasteiger partial charge in [0.05, 0.1) is 0 Å². The maximum Gasteiger partial charge on any atom is 0.221 e. The molecule has 0 bridgehead atoms. The third-order valence-electron chi connectivity index (χ3n) is 3.99. The Kier molecular flexibility index (Phi) is 5.50. The zero-order valence-corrected chi connectivity index (χ0v) is 13.6. The van der Waals surface area contributed by atoms with E-state index in [1.807, 2.05) is 44.2 Å². The van der Waals surface area contributed by atoms with Gasteiger partial charge in [0.25, 0.3) is 0 Å². The molecule has 3 nitrogen and oxygen atoms in total.